The standard InChI is InChI=1S/C29H37N5O5S/c1-5-11-19(30)25(36)32-21(16-18-12-7-6-8-13-18)26(37)33-22(17-31-28(38)39-29(2,3)4)24(35)27-34-20-14-9-10-15-23(20)40-27/h6-10,12-15,19,21-22H,5,11,16-17,30H2,1-4H3,(H,31,38)(H,32,36)(H,33,37)/t19-,21-,22-/m0/s1. The van der Waals surface area contributed by atoms with Crippen LogP contribution in [0, 0.1) is 0 Å². The minimum absolute atomic E-state index is 0.179. The second-order valence-corrected chi connectivity index (χ2v) is 11.5. The topological polar surface area (TPSA) is 153 Å². The van der Waals surface area contributed by atoms with Gasteiger partial charge in [-0.15, -0.1) is 11.3 Å². The van der Waals surface area contributed by atoms with Gasteiger partial charge in [-0.25, -0.2) is 9.78 Å². The van der Waals surface area contributed by atoms with Crippen LogP contribution in [0.15, 0.2) is 54.6 Å². The van der Waals surface area contributed by atoms with Gasteiger partial charge in [-0.2, -0.15) is 0 Å². The van der Waals surface area contributed by atoms with Gasteiger partial charge in [-0.3, -0.25) is 14.4 Å². The van der Waals surface area contributed by atoms with Gasteiger partial charge in [0.1, 0.15) is 17.7 Å². The van der Waals surface area contributed by atoms with Crippen LogP contribution < -0.4 is 21.7 Å². The number of ketones is 1. The van der Waals surface area contributed by atoms with E-state index in [2.05, 4.69) is 20.9 Å². The first-order chi connectivity index (χ1) is 19.0. The van der Waals surface area contributed by atoms with E-state index in [1.54, 1.807) is 26.8 Å². The number of thiazole rings is 1. The van der Waals surface area contributed by atoms with Gasteiger partial charge in [-0.05, 0) is 44.9 Å². The monoisotopic (exact) mass is 567 g/mol. The average Bonchev–Trinajstić information content (AvgIpc) is 3.34. The summed E-state index contributed by atoms with van der Waals surface area (Å²) in [4.78, 5) is 56.7. The molecule has 11 heteroatoms. The van der Waals surface area contributed by atoms with Crippen molar-refractivity contribution in [3.8, 4) is 0 Å². The molecular formula is C29H37N5O5S. The van der Waals surface area contributed by atoms with E-state index < -0.39 is 47.4 Å². The van der Waals surface area contributed by atoms with Crippen LogP contribution in [-0.4, -0.2) is 58.9 Å². The number of hydrogen-bond donors (Lipinski definition) is 4. The van der Waals surface area contributed by atoms with Crippen LogP contribution in [-0.2, 0) is 20.7 Å². The molecule has 3 atom stereocenters. The Morgan fingerprint density at radius 3 is 2.25 bits per heavy atom. The van der Waals surface area contributed by atoms with E-state index in [1.807, 2.05) is 55.5 Å². The smallest absolute Gasteiger partial charge is 0.407 e. The minimum atomic E-state index is -1.17. The quantitative estimate of drug-likeness (QED) is 0.245. The van der Waals surface area contributed by atoms with Crippen molar-refractivity contribution in [2.45, 2.75) is 70.7 Å². The summed E-state index contributed by atoms with van der Waals surface area (Å²) in [5, 5.41) is 8.22. The Bertz CT molecular complexity index is 1290. The number of alkyl carbamates (subject to hydrolysis) is 1. The number of aromatic nitrogens is 1. The second kappa shape index (κ2) is 14.0. The number of Topliss-reactive ketones (excluding diaryl/α,β-unsaturated/α-hetero) is 1. The highest BCUT2D eigenvalue weighted by molar-refractivity contribution is 7.20. The number of hydrogen-bond acceptors (Lipinski definition) is 8. The van der Waals surface area contributed by atoms with Crippen LogP contribution in [0.1, 0.15) is 55.9 Å². The van der Waals surface area contributed by atoms with Crippen LogP contribution in [0.5, 0.6) is 0 Å². The third kappa shape index (κ3) is 9.13. The highest BCUT2D eigenvalue weighted by atomic mass is 32.1. The largest absolute Gasteiger partial charge is 0.444 e. The van der Waals surface area contributed by atoms with Crippen molar-refractivity contribution in [3.63, 3.8) is 0 Å². The van der Waals surface area contributed by atoms with Gasteiger partial charge in [0.25, 0.3) is 0 Å². The van der Waals surface area contributed by atoms with E-state index >= 15 is 0 Å². The van der Waals surface area contributed by atoms with E-state index in [4.69, 9.17) is 10.5 Å². The van der Waals surface area contributed by atoms with E-state index in [0.29, 0.717) is 18.4 Å². The molecule has 0 fully saturated rings. The molecule has 1 heterocycles. The fourth-order valence-corrected chi connectivity index (χ4v) is 4.85. The highest BCUT2D eigenvalue weighted by Gasteiger charge is 2.31. The molecule has 0 saturated carbocycles. The highest BCUT2D eigenvalue weighted by Crippen LogP contribution is 2.22. The Balaban J connectivity index is 1.85. The lowest BCUT2D eigenvalue weighted by atomic mass is 10.0. The summed E-state index contributed by atoms with van der Waals surface area (Å²) < 4.78 is 6.11. The lowest BCUT2D eigenvalue weighted by Gasteiger charge is -2.25. The number of benzene rings is 2. The molecule has 10 nitrogen and oxygen atoms in total. The maximum Gasteiger partial charge on any atom is 0.407 e. The molecule has 5 N–H and O–H groups in total. The Morgan fingerprint density at radius 2 is 1.60 bits per heavy atom. The third-order valence-corrected chi connectivity index (χ3v) is 6.89. The van der Waals surface area contributed by atoms with Gasteiger partial charge in [0, 0.05) is 13.0 Å². The summed E-state index contributed by atoms with van der Waals surface area (Å²) in [5.74, 6) is -1.52. The first kappa shape index (κ1) is 30.7. The normalized spacial score (nSPS) is 13.6. The summed E-state index contributed by atoms with van der Waals surface area (Å²) in [6, 6.07) is 13.6. The number of rotatable bonds is 12. The maximum absolute atomic E-state index is 13.6. The number of amides is 3. The number of ether oxygens (including phenoxy) is 1. The summed E-state index contributed by atoms with van der Waals surface area (Å²) in [6.45, 7) is 6.84. The molecule has 0 aliphatic heterocycles. The second-order valence-electron chi connectivity index (χ2n) is 10.4. The lowest BCUT2D eigenvalue weighted by molar-refractivity contribution is -0.129. The zero-order valence-electron chi connectivity index (χ0n) is 23.2. The Hall–Kier alpha value is -3.83. The SMILES string of the molecule is CCC[C@H](N)C(=O)N[C@@H](Cc1ccccc1)C(=O)N[C@@H](CNC(=O)OC(C)(C)C)C(=O)c1nc2ccccc2s1. The molecule has 3 rings (SSSR count). The molecule has 0 radical (unpaired) electrons. The molecule has 0 unspecified atom stereocenters. The van der Waals surface area contributed by atoms with Gasteiger partial charge in [0.2, 0.25) is 17.6 Å². The Kier molecular flexibility index (Phi) is 10.7. The molecule has 1 aromatic heterocycles. The van der Waals surface area contributed by atoms with Crippen LogP contribution >= 0.6 is 11.3 Å². The fraction of sp³-hybridized carbons (Fsp3) is 0.414. The molecule has 0 saturated heterocycles. The van der Waals surface area contributed by atoms with E-state index in [1.165, 1.54) is 11.3 Å². The zero-order chi connectivity index (χ0) is 29.3. The van der Waals surface area contributed by atoms with Crippen LogP contribution in [0.25, 0.3) is 10.2 Å². The molecule has 0 aliphatic rings. The van der Waals surface area contributed by atoms with E-state index in [9.17, 15) is 19.2 Å². The maximum atomic E-state index is 13.6. The molecule has 3 amide bonds. The van der Waals surface area contributed by atoms with Crippen molar-refractivity contribution >= 4 is 45.2 Å². The molecule has 2 aromatic carbocycles. The molecule has 214 valence electrons. The van der Waals surface area contributed by atoms with E-state index in [0.717, 1.165) is 10.3 Å². The number of carbonyl (C=O) groups is 4. The summed E-state index contributed by atoms with van der Waals surface area (Å²) in [6.07, 6.45) is 0.616. The van der Waals surface area contributed by atoms with Crippen LogP contribution in [0.3, 0.4) is 0 Å². The number of para-hydroxylation sites is 1. The summed E-state index contributed by atoms with van der Waals surface area (Å²) in [7, 11) is 0. The predicted octanol–water partition coefficient (Wildman–Crippen LogP) is 3.34. The van der Waals surface area contributed by atoms with Crippen LogP contribution in [0.4, 0.5) is 4.79 Å². The summed E-state index contributed by atoms with van der Waals surface area (Å²) in [5.41, 5.74) is 6.72. The van der Waals surface area contributed by atoms with Crippen molar-refractivity contribution in [1.82, 2.24) is 20.9 Å². The molecule has 0 bridgehead atoms. The Labute approximate surface area is 238 Å². The third-order valence-electron chi connectivity index (χ3n) is 5.84. The predicted molar refractivity (Wildman–Crippen MR) is 155 cm³/mol. The molecule has 40 heavy (non-hydrogen) atoms. The number of nitrogens with two attached hydrogens (primary N) is 1. The number of nitrogens with one attached hydrogen (secondary N) is 3. The Morgan fingerprint density at radius 1 is 0.950 bits per heavy atom. The number of fused-ring (bicyclic) bond motifs is 1. The van der Waals surface area contributed by atoms with E-state index in [-0.39, 0.29) is 18.0 Å². The van der Waals surface area contributed by atoms with Gasteiger partial charge in [-0.1, -0.05) is 55.8 Å². The summed E-state index contributed by atoms with van der Waals surface area (Å²) >= 11 is 1.19. The molecule has 0 spiro atoms. The molecular weight excluding hydrogens is 530 g/mol. The van der Waals surface area contributed by atoms with Gasteiger partial charge >= 0.3 is 6.09 Å². The first-order valence-electron chi connectivity index (χ1n) is 13.2. The molecule has 3 aromatic rings. The zero-order valence-corrected chi connectivity index (χ0v) is 24.0. The van der Waals surface area contributed by atoms with Gasteiger partial charge in [0.05, 0.1) is 16.3 Å². The van der Waals surface area contributed by atoms with Crippen molar-refractivity contribution in [2.75, 3.05) is 6.54 Å². The molecule has 0 aliphatic carbocycles. The van der Waals surface area contributed by atoms with Crippen molar-refractivity contribution in [2.24, 2.45) is 5.73 Å². The van der Waals surface area contributed by atoms with Crippen LogP contribution in [0.2, 0.25) is 0 Å². The fourth-order valence-electron chi connectivity index (χ4n) is 3.89. The lowest BCUT2D eigenvalue weighted by Crippen LogP contribution is -2.57. The van der Waals surface area contributed by atoms with Crippen molar-refractivity contribution in [3.05, 3.63) is 65.2 Å². The average molecular weight is 568 g/mol. The first-order valence-corrected chi connectivity index (χ1v) is 14.1. The number of carbonyl (C=O) groups excluding carboxylic acids is 4. The van der Waals surface area contributed by atoms with Crippen molar-refractivity contribution in [1.29, 1.82) is 0 Å². The van der Waals surface area contributed by atoms with Crippen molar-refractivity contribution < 1.29 is 23.9 Å². The van der Waals surface area contributed by atoms with Gasteiger partial charge in [0.15, 0.2) is 5.01 Å². The number of nitrogens with zero attached hydrogens (tertiary/aromatic N) is 1. The minimum Gasteiger partial charge on any atom is -0.444 e. The van der Waals surface area contributed by atoms with Gasteiger partial charge < -0.3 is 26.4 Å².